The maximum absolute atomic E-state index is 9.21. The van der Waals surface area contributed by atoms with Crippen molar-refractivity contribution in [2.75, 3.05) is 9.80 Å². The van der Waals surface area contributed by atoms with Crippen molar-refractivity contribution in [2.24, 2.45) is 0 Å². The van der Waals surface area contributed by atoms with Crippen molar-refractivity contribution in [3.05, 3.63) is 199 Å². The van der Waals surface area contributed by atoms with Gasteiger partial charge in [0.1, 0.15) is 5.82 Å². The summed E-state index contributed by atoms with van der Waals surface area (Å²) in [6.07, 6.45) is 1.71. The predicted octanol–water partition coefficient (Wildman–Crippen LogP) is 16.2. The summed E-state index contributed by atoms with van der Waals surface area (Å²) in [5, 5.41) is 0.914. The smallest absolute Gasteiger partial charge is 0.135 e. The van der Waals surface area contributed by atoms with Crippen molar-refractivity contribution in [2.45, 2.75) is 78.6 Å². The van der Waals surface area contributed by atoms with Crippen LogP contribution in [0.15, 0.2) is 164 Å². The second kappa shape index (κ2) is 17.1. The number of aromatic nitrogens is 2. The zero-order chi connectivity index (χ0) is 53.1. The van der Waals surface area contributed by atoms with Crippen LogP contribution in [0.25, 0.3) is 49.9 Å². The summed E-state index contributed by atoms with van der Waals surface area (Å²) in [6.45, 7) is 21.3. The maximum Gasteiger partial charge on any atom is 0.135 e. The predicted molar refractivity (Wildman–Crippen MR) is 271 cm³/mol. The van der Waals surface area contributed by atoms with Gasteiger partial charge in [-0.25, -0.2) is 4.98 Å². The molecule has 0 unspecified atom stereocenters. The Morgan fingerprint density at radius 2 is 1.18 bits per heavy atom. The van der Waals surface area contributed by atoms with E-state index < -0.39 is 18.1 Å². The molecule has 0 N–H and O–H groups in total. The van der Waals surface area contributed by atoms with Crippen molar-refractivity contribution < 1.29 is 38.1 Å². The number of benzene rings is 7. The topological polar surface area (TPSA) is 33.5 Å². The Balaban J connectivity index is 0.00000689. The molecule has 0 aliphatic carbocycles. The molecule has 0 amide bonds. The molecule has 1 aliphatic rings. The molecule has 9 aromatic rings. The van der Waals surface area contributed by atoms with Crippen molar-refractivity contribution in [1.29, 1.82) is 0 Å². The molecule has 6 heteroatoms. The number of nitrogens with zero attached hydrogens (tertiary/aromatic N) is 4. The molecule has 7 aromatic carbocycles. The molecule has 0 saturated heterocycles. The van der Waals surface area contributed by atoms with Gasteiger partial charge in [-0.1, -0.05) is 165 Å². The third-order valence-corrected chi connectivity index (χ3v) is 12.0. The molecule has 66 heavy (non-hydrogen) atoms. The van der Waals surface area contributed by atoms with E-state index in [0.29, 0.717) is 50.5 Å². The first kappa shape index (κ1) is 34.9. The Morgan fingerprint density at radius 1 is 0.561 bits per heavy atom. The number of hydrogen-bond donors (Lipinski definition) is 0. The summed E-state index contributed by atoms with van der Waals surface area (Å²) < 4.78 is 87.8. The summed E-state index contributed by atoms with van der Waals surface area (Å²) in [4.78, 5) is 8.72. The van der Waals surface area contributed by atoms with E-state index in [-0.39, 0.29) is 84.6 Å². The number of ether oxygens (including phenoxy) is 1. The molecule has 334 valence electrons. The monoisotopic (exact) mass is 1050 g/mol. The van der Waals surface area contributed by atoms with Crippen molar-refractivity contribution in [1.82, 2.24) is 9.55 Å². The zero-order valence-corrected chi connectivity index (χ0v) is 40.8. The van der Waals surface area contributed by atoms with Gasteiger partial charge in [-0.05, 0) is 79.8 Å². The first-order valence-electron chi connectivity index (χ1n) is 26.4. The van der Waals surface area contributed by atoms with Gasteiger partial charge in [0.2, 0.25) is 0 Å². The van der Waals surface area contributed by atoms with Gasteiger partial charge in [0.25, 0.3) is 0 Å². The van der Waals surface area contributed by atoms with E-state index in [1.165, 1.54) is 0 Å². The van der Waals surface area contributed by atoms with Crippen LogP contribution in [0.5, 0.6) is 11.5 Å². The van der Waals surface area contributed by atoms with Crippen LogP contribution in [0, 0.1) is 18.8 Å². The van der Waals surface area contributed by atoms with Gasteiger partial charge < -0.3 is 19.1 Å². The molecule has 0 spiro atoms. The number of anilines is 4. The minimum atomic E-state index is -0.465. The quantitative estimate of drug-likeness (QED) is 0.149. The van der Waals surface area contributed by atoms with Gasteiger partial charge in [0, 0.05) is 72.5 Å². The van der Waals surface area contributed by atoms with Gasteiger partial charge >= 0.3 is 0 Å². The fourth-order valence-corrected chi connectivity index (χ4v) is 8.43. The molecule has 3 heterocycles. The summed E-state index contributed by atoms with van der Waals surface area (Å²) in [7, 11) is 0. The van der Waals surface area contributed by atoms with Crippen LogP contribution in [-0.2, 0) is 37.3 Å². The first-order chi connectivity index (χ1) is 34.8. The Bertz CT molecular complexity index is 3720. The standard InChI is InChI=1S/C60H55N4O.Pt/c1-58(2,3)42-31-32-61-56(36-42)64-52-26-14-13-23-50(52)51-30-29-47(38-55(51)64)65-46-22-17-21-45(37-46)62-39-63(54-28-16-15-27-53(54)62)57-48(40-19-11-10-12-20-40)24-18-25-49(57)41-33-43(59(4,5)6)35-44(34-41)60(7,8)9;/h10-36,39H,1-9H3;/q-3;/i10D,11D,12D,13D,14D,19D,20D,23D,26D;. The largest absolute Gasteiger partial charge is 0.509 e. The van der Waals surface area contributed by atoms with E-state index >= 15 is 0 Å². The number of rotatable bonds is 7. The van der Waals surface area contributed by atoms with Crippen LogP contribution in [0.3, 0.4) is 0 Å². The Kier molecular flexibility index (Phi) is 9.03. The molecule has 0 fully saturated rings. The van der Waals surface area contributed by atoms with E-state index in [2.05, 4.69) is 92.6 Å². The van der Waals surface area contributed by atoms with Gasteiger partial charge in [-0.2, -0.15) is 12.1 Å². The number of fused-ring (bicyclic) bond motifs is 4. The van der Waals surface area contributed by atoms with Crippen LogP contribution in [0.4, 0.5) is 22.7 Å². The Hall–Kier alpha value is -6.42. The van der Waals surface area contributed by atoms with Crippen LogP contribution in [0.1, 0.15) is 91.3 Å². The summed E-state index contributed by atoms with van der Waals surface area (Å²) in [6, 6.07) is 37.1. The second-order valence-corrected chi connectivity index (χ2v) is 19.6. The van der Waals surface area contributed by atoms with Crippen LogP contribution in [-0.4, -0.2) is 9.55 Å². The van der Waals surface area contributed by atoms with E-state index in [9.17, 15) is 2.74 Å². The molecule has 1 aliphatic heterocycles. The summed E-state index contributed by atoms with van der Waals surface area (Å²) in [5.41, 5.74) is 8.45. The fraction of sp³-hybridized carbons (Fsp3) is 0.200. The second-order valence-electron chi connectivity index (χ2n) is 19.6. The molecule has 0 bridgehead atoms. The number of pyridine rings is 1. The van der Waals surface area contributed by atoms with Crippen molar-refractivity contribution in [3.8, 4) is 39.6 Å². The van der Waals surface area contributed by atoms with Crippen LogP contribution < -0.4 is 14.5 Å². The zero-order valence-electron chi connectivity index (χ0n) is 47.5. The molecule has 0 atom stereocenters. The summed E-state index contributed by atoms with van der Waals surface area (Å²) >= 11 is 0. The van der Waals surface area contributed by atoms with Gasteiger partial charge in [0.05, 0.1) is 12.3 Å². The summed E-state index contributed by atoms with van der Waals surface area (Å²) in [5.74, 6) is 1.15. The minimum absolute atomic E-state index is 0. The van der Waals surface area contributed by atoms with Gasteiger partial charge in [0.15, 0.2) is 0 Å². The van der Waals surface area contributed by atoms with E-state index in [4.69, 9.17) is 19.3 Å². The van der Waals surface area contributed by atoms with Crippen LogP contribution >= 0.6 is 0 Å². The van der Waals surface area contributed by atoms with Crippen LogP contribution in [0.2, 0.25) is 0 Å². The minimum Gasteiger partial charge on any atom is -0.509 e. The third kappa shape index (κ3) is 8.35. The fourth-order valence-electron chi connectivity index (χ4n) is 8.43. The number of para-hydroxylation sites is 4. The average Bonchev–Trinajstić information content (AvgIpc) is 3.96. The molecule has 0 saturated carbocycles. The molecule has 5 nitrogen and oxygen atoms in total. The van der Waals surface area contributed by atoms with Crippen molar-refractivity contribution >= 4 is 44.6 Å². The molecule has 0 radical (unpaired) electrons. The Labute approximate surface area is 417 Å². The van der Waals surface area contributed by atoms with E-state index in [0.717, 1.165) is 39.2 Å². The van der Waals surface area contributed by atoms with E-state index in [1.54, 1.807) is 29.0 Å². The van der Waals surface area contributed by atoms with Crippen molar-refractivity contribution in [3.63, 3.8) is 0 Å². The van der Waals surface area contributed by atoms with Gasteiger partial charge in [-0.3, -0.25) is 0 Å². The third-order valence-electron chi connectivity index (χ3n) is 12.0. The normalized spacial score (nSPS) is 14.9. The average molecular weight is 1050 g/mol. The molecule has 2 aromatic heterocycles. The maximum atomic E-state index is 9.21. The number of hydrogen-bond acceptors (Lipinski definition) is 4. The molecule has 10 rings (SSSR count). The SMILES string of the molecule is [2H]c1c([2H])c([2H])c(-c2cccc(-c3cc(C(C)(C)C)cc(C(C)(C)C)c3)c2N2[CH-]N(c3[c-]c(Oc4[c-]c5c(cc4)c4c([2H])c([2H])c([2H])c([2H])c4n5-c4cc(C(C)(C)C)ccn4)ccc3)c3ccccc32)c([2H])c1[2H].[Pt]. The first-order valence-corrected chi connectivity index (χ1v) is 21.9. The van der Waals surface area contributed by atoms with Gasteiger partial charge in [-0.15, -0.1) is 48.1 Å². The Morgan fingerprint density at radius 3 is 1.88 bits per heavy atom. The molecular formula is C60H55N4OPt-3. The molecular weight excluding hydrogens is 988 g/mol. The van der Waals surface area contributed by atoms with E-state index in [1.807, 2.05) is 83.2 Å².